The van der Waals surface area contributed by atoms with Gasteiger partial charge >= 0.3 is 0 Å². The highest BCUT2D eigenvalue weighted by Crippen LogP contribution is 2.26. The third-order valence-corrected chi connectivity index (χ3v) is 3.39. The molecule has 5 heteroatoms. The summed E-state index contributed by atoms with van der Waals surface area (Å²) >= 11 is 0. The van der Waals surface area contributed by atoms with Gasteiger partial charge in [-0.2, -0.15) is 5.10 Å². The molecule has 5 nitrogen and oxygen atoms in total. The standard InChI is InChI=1S/C11H18N4O/c1-6-16-8-9(1)10-7-11(14-13-10)15-4-2-12-3-5-15/h7,9,12H,1-6,8H2,(H,13,14). The van der Waals surface area contributed by atoms with Crippen LogP contribution in [0.1, 0.15) is 18.0 Å². The van der Waals surface area contributed by atoms with Gasteiger partial charge in [-0.25, -0.2) is 0 Å². The van der Waals surface area contributed by atoms with Crippen LogP contribution < -0.4 is 10.2 Å². The first-order valence-electron chi connectivity index (χ1n) is 6.02. The van der Waals surface area contributed by atoms with Crippen LogP contribution in [0.25, 0.3) is 0 Å². The van der Waals surface area contributed by atoms with Gasteiger partial charge in [-0.1, -0.05) is 0 Å². The monoisotopic (exact) mass is 222 g/mol. The Kier molecular flexibility index (Phi) is 2.80. The number of hydrogen-bond acceptors (Lipinski definition) is 4. The van der Waals surface area contributed by atoms with Crippen molar-refractivity contribution in [3.8, 4) is 0 Å². The number of rotatable bonds is 2. The van der Waals surface area contributed by atoms with E-state index in [0.717, 1.165) is 51.6 Å². The highest BCUT2D eigenvalue weighted by molar-refractivity contribution is 5.40. The number of hydrogen-bond donors (Lipinski definition) is 2. The van der Waals surface area contributed by atoms with Gasteiger partial charge < -0.3 is 15.0 Å². The number of aromatic amines is 1. The van der Waals surface area contributed by atoms with Gasteiger partial charge in [0.2, 0.25) is 0 Å². The zero-order valence-corrected chi connectivity index (χ0v) is 9.41. The second-order valence-corrected chi connectivity index (χ2v) is 4.48. The van der Waals surface area contributed by atoms with Crippen molar-refractivity contribution in [2.45, 2.75) is 12.3 Å². The lowest BCUT2D eigenvalue weighted by Crippen LogP contribution is -2.43. The van der Waals surface area contributed by atoms with Gasteiger partial charge in [0, 0.05) is 50.5 Å². The molecule has 0 saturated carbocycles. The topological polar surface area (TPSA) is 53.2 Å². The summed E-state index contributed by atoms with van der Waals surface area (Å²) < 4.78 is 5.39. The Bertz CT molecular complexity index is 340. The fraction of sp³-hybridized carbons (Fsp3) is 0.727. The van der Waals surface area contributed by atoms with E-state index in [1.165, 1.54) is 5.69 Å². The Morgan fingerprint density at radius 3 is 3.00 bits per heavy atom. The molecule has 16 heavy (non-hydrogen) atoms. The second-order valence-electron chi connectivity index (χ2n) is 4.48. The van der Waals surface area contributed by atoms with Gasteiger partial charge in [0.25, 0.3) is 0 Å². The lowest BCUT2D eigenvalue weighted by molar-refractivity contribution is 0.193. The maximum atomic E-state index is 5.39. The quantitative estimate of drug-likeness (QED) is 0.757. The molecule has 2 N–H and O–H groups in total. The zero-order valence-electron chi connectivity index (χ0n) is 9.41. The first-order chi connectivity index (χ1) is 7.93. The van der Waals surface area contributed by atoms with Crippen LogP contribution in [0.2, 0.25) is 0 Å². The van der Waals surface area contributed by atoms with E-state index in [2.05, 4.69) is 26.5 Å². The van der Waals surface area contributed by atoms with Crippen molar-refractivity contribution in [1.82, 2.24) is 15.5 Å². The smallest absolute Gasteiger partial charge is 0.150 e. The SMILES string of the molecule is c1c(N2CCNCC2)n[nH]c1C1CCOC1. The van der Waals surface area contributed by atoms with Crippen LogP contribution >= 0.6 is 0 Å². The molecule has 3 rings (SSSR count). The van der Waals surface area contributed by atoms with Crippen molar-refractivity contribution in [2.24, 2.45) is 0 Å². The van der Waals surface area contributed by atoms with Gasteiger partial charge in [-0.3, -0.25) is 5.10 Å². The third-order valence-electron chi connectivity index (χ3n) is 3.39. The van der Waals surface area contributed by atoms with E-state index in [-0.39, 0.29) is 0 Å². The van der Waals surface area contributed by atoms with Gasteiger partial charge in [-0.15, -0.1) is 0 Å². The van der Waals surface area contributed by atoms with Crippen molar-refractivity contribution in [1.29, 1.82) is 0 Å². The minimum absolute atomic E-state index is 0.518. The summed E-state index contributed by atoms with van der Waals surface area (Å²) in [4.78, 5) is 2.33. The van der Waals surface area contributed by atoms with Gasteiger partial charge in [0.05, 0.1) is 6.61 Å². The predicted molar refractivity (Wildman–Crippen MR) is 61.8 cm³/mol. The number of ether oxygens (including phenoxy) is 1. The lowest BCUT2D eigenvalue weighted by atomic mass is 10.1. The first kappa shape index (κ1) is 10.1. The molecular weight excluding hydrogens is 204 g/mol. The van der Waals surface area contributed by atoms with E-state index in [4.69, 9.17) is 4.74 Å². The van der Waals surface area contributed by atoms with Crippen LogP contribution in [0.4, 0.5) is 5.82 Å². The van der Waals surface area contributed by atoms with Gasteiger partial charge in [-0.05, 0) is 6.42 Å². The summed E-state index contributed by atoms with van der Waals surface area (Å²) in [5.41, 5.74) is 1.23. The van der Waals surface area contributed by atoms with Crippen molar-refractivity contribution < 1.29 is 4.74 Å². The minimum atomic E-state index is 0.518. The molecule has 1 aromatic rings. The molecule has 0 bridgehead atoms. The molecule has 1 unspecified atom stereocenters. The third kappa shape index (κ3) is 1.92. The lowest BCUT2D eigenvalue weighted by Gasteiger charge is -2.26. The van der Waals surface area contributed by atoms with Crippen molar-refractivity contribution in [3.63, 3.8) is 0 Å². The number of nitrogens with zero attached hydrogens (tertiary/aromatic N) is 2. The molecule has 2 saturated heterocycles. The summed E-state index contributed by atoms with van der Waals surface area (Å²) in [7, 11) is 0. The van der Waals surface area contributed by atoms with Crippen LogP contribution in [0.3, 0.4) is 0 Å². The normalized spacial score (nSPS) is 26.2. The van der Waals surface area contributed by atoms with Crippen molar-refractivity contribution >= 4 is 5.82 Å². The molecule has 2 fully saturated rings. The fourth-order valence-electron chi connectivity index (χ4n) is 2.37. The van der Waals surface area contributed by atoms with E-state index >= 15 is 0 Å². The summed E-state index contributed by atoms with van der Waals surface area (Å²) in [6, 6.07) is 2.19. The van der Waals surface area contributed by atoms with Crippen LogP contribution in [-0.4, -0.2) is 49.6 Å². The molecule has 2 aliphatic rings. The van der Waals surface area contributed by atoms with E-state index < -0.39 is 0 Å². The molecule has 3 heterocycles. The molecule has 1 atom stereocenters. The van der Waals surface area contributed by atoms with Crippen LogP contribution in [0.5, 0.6) is 0 Å². The van der Waals surface area contributed by atoms with Gasteiger partial charge in [0.15, 0.2) is 5.82 Å². The van der Waals surface area contributed by atoms with Gasteiger partial charge in [0.1, 0.15) is 0 Å². The Morgan fingerprint density at radius 1 is 1.38 bits per heavy atom. The average molecular weight is 222 g/mol. The summed E-state index contributed by atoms with van der Waals surface area (Å²) in [6.45, 7) is 5.91. The molecule has 2 aliphatic heterocycles. The number of piperazine rings is 1. The maximum Gasteiger partial charge on any atom is 0.150 e. The first-order valence-corrected chi connectivity index (χ1v) is 6.02. The number of H-pyrrole nitrogens is 1. The molecule has 0 spiro atoms. The minimum Gasteiger partial charge on any atom is -0.381 e. The molecule has 0 aromatic carbocycles. The van der Waals surface area contributed by atoms with E-state index in [1.807, 2.05) is 0 Å². The van der Waals surface area contributed by atoms with E-state index in [1.54, 1.807) is 0 Å². The molecule has 0 amide bonds. The Balaban J connectivity index is 1.71. The van der Waals surface area contributed by atoms with Crippen LogP contribution in [0.15, 0.2) is 6.07 Å². The average Bonchev–Trinajstić information content (AvgIpc) is 3.01. The molecule has 1 aromatic heterocycles. The number of anilines is 1. The Morgan fingerprint density at radius 2 is 2.25 bits per heavy atom. The Hall–Kier alpha value is -1.07. The second kappa shape index (κ2) is 4.43. The molecule has 0 aliphatic carbocycles. The number of aromatic nitrogens is 2. The summed E-state index contributed by atoms with van der Waals surface area (Å²) in [5, 5.41) is 10.9. The van der Waals surface area contributed by atoms with E-state index in [9.17, 15) is 0 Å². The van der Waals surface area contributed by atoms with Crippen molar-refractivity contribution in [2.75, 3.05) is 44.3 Å². The maximum absolute atomic E-state index is 5.39. The Labute approximate surface area is 95.2 Å². The zero-order chi connectivity index (χ0) is 10.8. The van der Waals surface area contributed by atoms with Crippen molar-refractivity contribution in [3.05, 3.63) is 11.8 Å². The predicted octanol–water partition coefficient (Wildman–Crippen LogP) is 0.323. The molecular formula is C11H18N4O. The molecule has 0 radical (unpaired) electrons. The van der Waals surface area contributed by atoms with Crippen LogP contribution in [-0.2, 0) is 4.74 Å². The highest BCUT2D eigenvalue weighted by Gasteiger charge is 2.21. The summed E-state index contributed by atoms with van der Waals surface area (Å²) in [5.74, 6) is 1.60. The molecule has 88 valence electrons. The summed E-state index contributed by atoms with van der Waals surface area (Å²) in [6.07, 6.45) is 1.11. The number of nitrogens with one attached hydrogen (secondary N) is 2. The largest absolute Gasteiger partial charge is 0.381 e. The van der Waals surface area contributed by atoms with E-state index in [0.29, 0.717) is 5.92 Å². The van der Waals surface area contributed by atoms with Crippen LogP contribution in [0, 0.1) is 0 Å². The highest BCUT2D eigenvalue weighted by atomic mass is 16.5. The fourth-order valence-corrected chi connectivity index (χ4v) is 2.37.